The lowest BCUT2D eigenvalue weighted by atomic mass is 10.0. The molecule has 3 nitrogen and oxygen atoms in total. The van der Waals surface area contributed by atoms with Gasteiger partial charge in [0.05, 0.1) is 17.8 Å². The average Bonchev–Trinajstić information content (AvgIpc) is 2.30. The van der Waals surface area contributed by atoms with Crippen molar-refractivity contribution in [3.05, 3.63) is 17.5 Å². The van der Waals surface area contributed by atoms with Gasteiger partial charge in [0.25, 0.3) is 0 Å². The summed E-state index contributed by atoms with van der Waals surface area (Å²) in [5.74, 6) is 0. The summed E-state index contributed by atoms with van der Waals surface area (Å²) >= 11 is 0. The highest BCUT2D eigenvalue weighted by atomic mass is 16.3. The normalized spacial score (nSPS) is 15.8. The number of nitrogens with zero attached hydrogens (tertiary/aromatic N) is 2. The molecule has 0 saturated heterocycles. The van der Waals surface area contributed by atoms with Gasteiger partial charge in [-0.25, -0.2) is 0 Å². The minimum absolute atomic E-state index is 0.573. The SMILES string of the molecule is CCC(C)(O)Cn1nc(C)cc1C. The van der Waals surface area contributed by atoms with E-state index in [2.05, 4.69) is 5.10 Å². The third-order valence-corrected chi connectivity index (χ3v) is 2.36. The van der Waals surface area contributed by atoms with Crippen LogP contribution in [0.15, 0.2) is 6.07 Å². The molecule has 0 saturated carbocycles. The smallest absolute Gasteiger partial charge is 0.0812 e. The highest BCUT2D eigenvalue weighted by Gasteiger charge is 2.19. The van der Waals surface area contributed by atoms with E-state index < -0.39 is 5.60 Å². The van der Waals surface area contributed by atoms with Crippen molar-refractivity contribution in [1.82, 2.24) is 9.78 Å². The van der Waals surface area contributed by atoms with Crippen molar-refractivity contribution >= 4 is 0 Å². The topological polar surface area (TPSA) is 38.0 Å². The van der Waals surface area contributed by atoms with E-state index in [1.54, 1.807) is 0 Å². The van der Waals surface area contributed by atoms with E-state index in [1.165, 1.54) is 0 Å². The fourth-order valence-corrected chi connectivity index (χ4v) is 1.27. The summed E-state index contributed by atoms with van der Waals surface area (Å²) in [7, 11) is 0. The Hall–Kier alpha value is -0.830. The number of aryl methyl sites for hydroxylation is 2. The van der Waals surface area contributed by atoms with Crippen molar-refractivity contribution in [1.29, 1.82) is 0 Å². The van der Waals surface area contributed by atoms with Gasteiger partial charge in [0.15, 0.2) is 0 Å². The Morgan fingerprint density at radius 2 is 2.15 bits per heavy atom. The van der Waals surface area contributed by atoms with Gasteiger partial charge >= 0.3 is 0 Å². The molecule has 0 aliphatic carbocycles. The van der Waals surface area contributed by atoms with Gasteiger partial charge in [-0.05, 0) is 33.3 Å². The zero-order valence-electron chi connectivity index (χ0n) is 8.83. The molecule has 0 bridgehead atoms. The van der Waals surface area contributed by atoms with Gasteiger partial charge in [-0.15, -0.1) is 0 Å². The molecular weight excluding hydrogens is 164 g/mol. The van der Waals surface area contributed by atoms with Crippen LogP contribution < -0.4 is 0 Å². The van der Waals surface area contributed by atoms with Crippen molar-refractivity contribution in [2.45, 2.75) is 46.3 Å². The molecule has 1 aromatic rings. The van der Waals surface area contributed by atoms with E-state index in [9.17, 15) is 5.11 Å². The van der Waals surface area contributed by atoms with Crippen LogP contribution in [0, 0.1) is 13.8 Å². The van der Waals surface area contributed by atoms with Crippen molar-refractivity contribution < 1.29 is 5.11 Å². The van der Waals surface area contributed by atoms with Crippen molar-refractivity contribution in [3.8, 4) is 0 Å². The Bertz CT molecular complexity index is 289. The minimum Gasteiger partial charge on any atom is -0.388 e. The summed E-state index contributed by atoms with van der Waals surface area (Å²) in [6.07, 6.45) is 0.741. The molecule has 0 amide bonds. The molecule has 74 valence electrons. The predicted molar refractivity (Wildman–Crippen MR) is 52.6 cm³/mol. The second kappa shape index (κ2) is 3.50. The van der Waals surface area contributed by atoms with Gasteiger partial charge in [0.2, 0.25) is 0 Å². The zero-order valence-corrected chi connectivity index (χ0v) is 8.83. The van der Waals surface area contributed by atoms with Crippen LogP contribution in [-0.2, 0) is 6.54 Å². The highest BCUT2D eigenvalue weighted by Crippen LogP contribution is 2.13. The van der Waals surface area contributed by atoms with Gasteiger partial charge in [0.1, 0.15) is 0 Å². The molecule has 0 aliphatic heterocycles. The molecule has 1 heterocycles. The third-order valence-electron chi connectivity index (χ3n) is 2.36. The van der Waals surface area contributed by atoms with Crippen LogP contribution in [0.2, 0.25) is 0 Å². The first-order valence-electron chi connectivity index (χ1n) is 4.68. The Balaban J connectivity index is 2.79. The Morgan fingerprint density at radius 1 is 1.54 bits per heavy atom. The first kappa shape index (κ1) is 10.3. The number of hydrogen-bond acceptors (Lipinski definition) is 2. The van der Waals surface area contributed by atoms with Crippen LogP contribution in [0.3, 0.4) is 0 Å². The molecule has 0 fully saturated rings. The predicted octanol–water partition coefficient (Wildman–Crippen LogP) is 1.66. The van der Waals surface area contributed by atoms with Crippen LogP contribution in [0.25, 0.3) is 0 Å². The molecule has 3 heteroatoms. The first-order chi connectivity index (χ1) is 5.94. The number of rotatable bonds is 3. The van der Waals surface area contributed by atoms with Crippen LogP contribution in [-0.4, -0.2) is 20.5 Å². The molecule has 1 rings (SSSR count). The molecule has 0 radical (unpaired) electrons. The quantitative estimate of drug-likeness (QED) is 0.772. The van der Waals surface area contributed by atoms with Gasteiger partial charge in [-0.2, -0.15) is 5.10 Å². The minimum atomic E-state index is -0.650. The monoisotopic (exact) mass is 182 g/mol. The maximum absolute atomic E-state index is 9.85. The molecular formula is C10H18N2O. The van der Waals surface area contributed by atoms with Gasteiger partial charge < -0.3 is 5.11 Å². The molecule has 1 atom stereocenters. The zero-order chi connectivity index (χ0) is 10.1. The largest absolute Gasteiger partial charge is 0.388 e. The Labute approximate surface area is 79.4 Å². The van der Waals surface area contributed by atoms with E-state index in [4.69, 9.17) is 0 Å². The Morgan fingerprint density at radius 3 is 2.54 bits per heavy atom. The Kier molecular flexibility index (Phi) is 2.76. The van der Waals surface area contributed by atoms with E-state index in [0.717, 1.165) is 17.8 Å². The summed E-state index contributed by atoms with van der Waals surface area (Å²) in [5, 5.41) is 14.1. The van der Waals surface area contributed by atoms with Crippen molar-refractivity contribution in [3.63, 3.8) is 0 Å². The molecule has 0 spiro atoms. The molecule has 0 aliphatic rings. The standard InChI is InChI=1S/C10H18N2O/c1-5-10(4,13)7-12-9(3)6-8(2)11-12/h6,13H,5,7H2,1-4H3. The summed E-state index contributed by atoms with van der Waals surface area (Å²) < 4.78 is 1.86. The number of hydrogen-bond donors (Lipinski definition) is 1. The molecule has 0 aromatic carbocycles. The fraction of sp³-hybridized carbons (Fsp3) is 0.700. The van der Waals surface area contributed by atoms with E-state index >= 15 is 0 Å². The molecule has 1 aromatic heterocycles. The van der Waals surface area contributed by atoms with Crippen molar-refractivity contribution in [2.75, 3.05) is 0 Å². The van der Waals surface area contributed by atoms with Crippen molar-refractivity contribution in [2.24, 2.45) is 0 Å². The first-order valence-corrected chi connectivity index (χ1v) is 4.68. The molecule has 13 heavy (non-hydrogen) atoms. The third kappa shape index (κ3) is 2.56. The van der Waals surface area contributed by atoms with Crippen LogP contribution in [0.1, 0.15) is 31.7 Å². The van der Waals surface area contributed by atoms with E-state index in [-0.39, 0.29) is 0 Å². The van der Waals surface area contributed by atoms with Crippen LogP contribution in [0.5, 0.6) is 0 Å². The van der Waals surface area contributed by atoms with Crippen LogP contribution in [0.4, 0.5) is 0 Å². The molecule has 1 unspecified atom stereocenters. The second-order valence-electron chi connectivity index (χ2n) is 3.94. The van der Waals surface area contributed by atoms with Gasteiger partial charge in [0, 0.05) is 5.69 Å². The second-order valence-corrected chi connectivity index (χ2v) is 3.94. The van der Waals surface area contributed by atoms with E-state index in [0.29, 0.717) is 6.54 Å². The number of aromatic nitrogens is 2. The van der Waals surface area contributed by atoms with Gasteiger partial charge in [-0.1, -0.05) is 6.92 Å². The van der Waals surface area contributed by atoms with E-state index in [1.807, 2.05) is 38.4 Å². The van der Waals surface area contributed by atoms with Gasteiger partial charge in [-0.3, -0.25) is 4.68 Å². The number of aliphatic hydroxyl groups is 1. The average molecular weight is 182 g/mol. The lowest BCUT2D eigenvalue weighted by molar-refractivity contribution is 0.0338. The summed E-state index contributed by atoms with van der Waals surface area (Å²) in [6, 6.07) is 2.02. The summed E-state index contributed by atoms with van der Waals surface area (Å²) in [5.41, 5.74) is 1.46. The van der Waals surface area contributed by atoms with Crippen LogP contribution >= 0.6 is 0 Å². The fourth-order valence-electron chi connectivity index (χ4n) is 1.27. The lowest BCUT2D eigenvalue weighted by Gasteiger charge is -2.21. The molecule has 1 N–H and O–H groups in total. The highest BCUT2D eigenvalue weighted by molar-refractivity contribution is 5.06. The summed E-state index contributed by atoms with van der Waals surface area (Å²) in [4.78, 5) is 0. The maximum atomic E-state index is 9.85. The maximum Gasteiger partial charge on any atom is 0.0812 e. The summed E-state index contributed by atoms with van der Waals surface area (Å²) in [6.45, 7) is 8.36. The lowest BCUT2D eigenvalue weighted by Crippen LogP contribution is -2.30.